The fourth-order valence-electron chi connectivity index (χ4n) is 1.83. The van der Waals surface area contributed by atoms with Crippen molar-refractivity contribution in [3.8, 4) is 5.75 Å². The number of rotatable bonds is 6. The molecule has 24 heavy (non-hydrogen) atoms. The van der Waals surface area contributed by atoms with E-state index in [0.29, 0.717) is 17.1 Å². The molecule has 126 valence electrons. The van der Waals surface area contributed by atoms with Gasteiger partial charge in [0.25, 0.3) is 5.91 Å². The number of amides is 2. The molecule has 0 saturated heterocycles. The number of nitrogens with one attached hydrogen (secondary N) is 2. The molecule has 2 amide bonds. The van der Waals surface area contributed by atoms with Gasteiger partial charge in [0.05, 0.1) is 6.61 Å². The minimum Gasteiger partial charge on any atom is -0.484 e. The lowest BCUT2D eigenvalue weighted by Gasteiger charge is -2.09. The zero-order chi connectivity index (χ0) is 17.4. The van der Waals surface area contributed by atoms with Gasteiger partial charge in [0.2, 0.25) is 0 Å². The average molecular weight is 393 g/mol. The quantitative estimate of drug-likeness (QED) is 0.777. The van der Waals surface area contributed by atoms with Crippen LogP contribution < -0.4 is 15.4 Å². The average Bonchev–Trinajstić information content (AvgIpc) is 2.56. The van der Waals surface area contributed by atoms with Gasteiger partial charge in [-0.05, 0) is 43.3 Å². The van der Waals surface area contributed by atoms with Gasteiger partial charge >= 0.3 is 6.09 Å². The van der Waals surface area contributed by atoms with E-state index in [2.05, 4.69) is 26.6 Å². The molecule has 0 aliphatic rings. The van der Waals surface area contributed by atoms with Crippen molar-refractivity contribution in [2.24, 2.45) is 0 Å². The molecule has 0 saturated carbocycles. The summed E-state index contributed by atoms with van der Waals surface area (Å²) in [5.41, 5.74) is 1.21. The maximum Gasteiger partial charge on any atom is 0.411 e. The van der Waals surface area contributed by atoms with Gasteiger partial charge in [-0.15, -0.1) is 0 Å². The molecule has 0 aromatic heterocycles. The molecule has 0 spiro atoms. The Kier molecular flexibility index (Phi) is 6.62. The summed E-state index contributed by atoms with van der Waals surface area (Å²) in [4.78, 5) is 23.3. The molecule has 0 fully saturated rings. The standard InChI is InChI=1S/C17H17BrN2O4/c1-2-23-17(22)20-14-4-3-5-15(10-14)24-11-16(21)19-13-8-6-12(18)7-9-13/h3-10H,2,11H2,1H3,(H,19,21)(H,20,22). The van der Waals surface area contributed by atoms with E-state index in [4.69, 9.17) is 9.47 Å². The molecule has 7 heteroatoms. The second-order valence-corrected chi connectivity index (χ2v) is 5.63. The minimum absolute atomic E-state index is 0.140. The third-order valence-electron chi connectivity index (χ3n) is 2.85. The van der Waals surface area contributed by atoms with Gasteiger partial charge in [-0.1, -0.05) is 22.0 Å². The zero-order valence-corrected chi connectivity index (χ0v) is 14.6. The lowest BCUT2D eigenvalue weighted by Crippen LogP contribution is -2.20. The Morgan fingerprint density at radius 2 is 1.79 bits per heavy atom. The summed E-state index contributed by atoms with van der Waals surface area (Å²) in [6, 6.07) is 14.0. The molecule has 0 aliphatic carbocycles. The van der Waals surface area contributed by atoms with Crippen LogP contribution >= 0.6 is 15.9 Å². The summed E-state index contributed by atoms with van der Waals surface area (Å²) in [6.07, 6.45) is -0.539. The highest BCUT2D eigenvalue weighted by atomic mass is 79.9. The van der Waals surface area contributed by atoms with Crippen molar-refractivity contribution in [2.75, 3.05) is 23.8 Å². The second kappa shape index (κ2) is 8.93. The van der Waals surface area contributed by atoms with Gasteiger partial charge < -0.3 is 14.8 Å². The summed E-state index contributed by atoms with van der Waals surface area (Å²) in [5.74, 6) is 0.191. The smallest absolute Gasteiger partial charge is 0.411 e. The van der Waals surface area contributed by atoms with Crippen molar-refractivity contribution >= 4 is 39.3 Å². The Morgan fingerprint density at radius 3 is 2.50 bits per heavy atom. The molecule has 0 radical (unpaired) electrons. The van der Waals surface area contributed by atoms with Gasteiger partial charge in [-0.3, -0.25) is 10.1 Å². The number of carbonyl (C=O) groups is 2. The van der Waals surface area contributed by atoms with Gasteiger partial charge in [0.1, 0.15) is 5.75 Å². The van der Waals surface area contributed by atoms with Gasteiger partial charge in [0.15, 0.2) is 6.61 Å². The molecule has 0 atom stereocenters. The van der Waals surface area contributed by atoms with Crippen molar-refractivity contribution in [1.82, 2.24) is 0 Å². The first-order valence-corrected chi connectivity index (χ1v) is 8.08. The largest absolute Gasteiger partial charge is 0.484 e. The fraction of sp³-hybridized carbons (Fsp3) is 0.176. The van der Waals surface area contributed by atoms with Crippen LogP contribution in [-0.4, -0.2) is 25.2 Å². The third-order valence-corrected chi connectivity index (χ3v) is 3.38. The Morgan fingerprint density at radius 1 is 1.04 bits per heavy atom. The molecular weight excluding hydrogens is 376 g/mol. The number of halogens is 1. The van der Waals surface area contributed by atoms with Crippen molar-refractivity contribution in [1.29, 1.82) is 0 Å². The van der Waals surface area contributed by atoms with Crippen molar-refractivity contribution in [3.05, 3.63) is 53.0 Å². The van der Waals surface area contributed by atoms with Crippen LogP contribution in [-0.2, 0) is 9.53 Å². The number of hydrogen-bond acceptors (Lipinski definition) is 4. The number of ether oxygens (including phenoxy) is 2. The zero-order valence-electron chi connectivity index (χ0n) is 13.0. The SMILES string of the molecule is CCOC(=O)Nc1cccc(OCC(=O)Nc2ccc(Br)cc2)c1. The van der Waals surface area contributed by atoms with E-state index >= 15 is 0 Å². The van der Waals surface area contributed by atoms with E-state index < -0.39 is 6.09 Å². The number of anilines is 2. The Bertz CT molecular complexity index is 704. The second-order valence-electron chi connectivity index (χ2n) is 4.72. The number of carbonyl (C=O) groups excluding carboxylic acids is 2. The molecule has 0 bridgehead atoms. The van der Waals surface area contributed by atoms with Crippen LogP contribution in [0.4, 0.5) is 16.2 Å². The lowest BCUT2D eigenvalue weighted by molar-refractivity contribution is -0.118. The molecule has 2 N–H and O–H groups in total. The topological polar surface area (TPSA) is 76.7 Å². The van der Waals surface area contributed by atoms with Crippen LogP contribution in [0.25, 0.3) is 0 Å². The number of benzene rings is 2. The normalized spacial score (nSPS) is 9.92. The predicted octanol–water partition coefficient (Wildman–Crippen LogP) is 4.04. The third kappa shape index (κ3) is 5.92. The van der Waals surface area contributed by atoms with Crippen LogP contribution in [0.5, 0.6) is 5.75 Å². The molecule has 2 aromatic carbocycles. The van der Waals surface area contributed by atoms with Crippen molar-refractivity contribution in [3.63, 3.8) is 0 Å². The maximum atomic E-state index is 11.9. The Labute approximate surface area is 148 Å². The highest BCUT2D eigenvalue weighted by Gasteiger charge is 2.06. The van der Waals surface area contributed by atoms with Gasteiger partial charge in [0, 0.05) is 21.9 Å². The summed E-state index contributed by atoms with van der Waals surface area (Å²) in [7, 11) is 0. The lowest BCUT2D eigenvalue weighted by atomic mass is 10.3. The fourth-order valence-corrected chi connectivity index (χ4v) is 2.09. The number of hydrogen-bond donors (Lipinski definition) is 2. The first-order valence-electron chi connectivity index (χ1n) is 7.29. The van der Waals surface area contributed by atoms with Crippen LogP contribution in [0.15, 0.2) is 53.0 Å². The van der Waals surface area contributed by atoms with Crippen LogP contribution in [0, 0.1) is 0 Å². The van der Waals surface area contributed by atoms with Gasteiger partial charge in [-0.2, -0.15) is 0 Å². The van der Waals surface area contributed by atoms with E-state index in [9.17, 15) is 9.59 Å². The van der Waals surface area contributed by atoms with E-state index in [1.54, 1.807) is 43.3 Å². The van der Waals surface area contributed by atoms with Gasteiger partial charge in [-0.25, -0.2) is 4.79 Å². The summed E-state index contributed by atoms with van der Waals surface area (Å²) >= 11 is 3.33. The van der Waals surface area contributed by atoms with Crippen molar-refractivity contribution < 1.29 is 19.1 Å². The summed E-state index contributed by atoms with van der Waals surface area (Å²) in [6.45, 7) is 1.88. The molecule has 6 nitrogen and oxygen atoms in total. The molecule has 0 aliphatic heterocycles. The summed E-state index contributed by atoms with van der Waals surface area (Å²) < 4.78 is 11.2. The molecule has 0 unspecified atom stereocenters. The van der Waals surface area contributed by atoms with E-state index in [1.165, 1.54) is 0 Å². The van der Waals surface area contributed by atoms with Crippen LogP contribution in [0.1, 0.15) is 6.92 Å². The predicted molar refractivity (Wildman–Crippen MR) is 95.4 cm³/mol. The molecular formula is C17H17BrN2O4. The van der Waals surface area contributed by atoms with Crippen molar-refractivity contribution in [2.45, 2.75) is 6.92 Å². The molecule has 0 heterocycles. The first-order chi connectivity index (χ1) is 11.6. The van der Waals surface area contributed by atoms with E-state index in [1.807, 2.05) is 12.1 Å². The van der Waals surface area contributed by atoms with E-state index in [0.717, 1.165) is 4.47 Å². The molecule has 2 aromatic rings. The highest BCUT2D eigenvalue weighted by molar-refractivity contribution is 9.10. The first kappa shape index (κ1) is 17.8. The maximum absolute atomic E-state index is 11.9. The van der Waals surface area contributed by atoms with E-state index in [-0.39, 0.29) is 19.1 Å². The Balaban J connectivity index is 1.86. The monoisotopic (exact) mass is 392 g/mol. The Hall–Kier alpha value is -2.54. The summed E-state index contributed by atoms with van der Waals surface area (Å²) in [5, 5.41) is 5.30. The minimum atomic E-state index is -0.539. The van der Waals surface area contributed by atoms with Crippen LogP contribution in [0.3, 0.4) is 0 Å². The molecule has 2 rings (SSSR count). The highest BCUT2D eigenvalue weighted by Crippen LogP contribution is 2.18. The van der Waals surface area contributed by atoms with Crippen LogP contribution in [0.2, 0.25) is 0 Å².